The van der Waals surface area contributed by atoms with Crippen LogP contribution in [-0.2, 0) is 16.0 Å². The molecule has 4 nitrogen and oxygen atoms in total. The van der Waals surface area contributed by atoms with Gasteiger partial charge in [-0.2, -0.15) is 0 Å². The SMILES string of the molecule is CCOC(=O)C(CN)(Cc1cccc(C)n1)CC(C)C. The first kappa shape index (κ1) is 16.6. The molecular formula is C16H26N2O2. The molecule has 1 unspecified atom stereocenters. The predicted octanol–water partition coefficient (Wildman–Crippen LogP) is 2.49. The third-order valence-electron chi connectivity index (χ3n) is 3.36. The van der Waals surface area contributed by atoms with Gasteiger partial charge in [0.2, 0.25) is 0 Å². The van der Waals surface area contributed by atoms with Crippen molar-refractivity contribution in [1.82, 2.24) is 4.98 Å². The van der Waals surface area contributed by atoms with Gasteiger partial charge in [0.15, 0.2) is 0 Å². The van der Waals surface area contributed by atoms with E-state index in [0.717, 1.165) is 11.4 Å². The van der Waals surface area contributed by atoms with E-state index in [0.29, 0.717) is 25.4 Å². The number of rotatable bonds is 7. The summed E-state index contributed by atoms with van der Waals surface area (Å²) in [7, 11) is 0. The minimum atomic E-state index is -0.676. The monoisotopic (exact) mass is 278 g/mol. The molecule has 0 aliphatic heterocycles. The maximum absolute atomic E-state index is 12.4. The quantitative estimate of drug-likeness (QED) is 0.778. The highest BCUT2D eigenvalue weighted by Gasteiger charge is 2.39. The second kappa shape index (κ2) is 7.39. The van der Waals surface area contributed by atoms with Crippen LogP contribution in [0.25, 0.3) is 0 Å². The highest BCUT2D eigenvalue weighted by Crippen LogP contribution is 2.31. The highest BCUT2D eigenvalue weighted by atomic mass is 16.5. The van der Waals surface area contributed by atoms with E-state index in [1.54, 1.807) is 0 Å². The predicted molar refractivity (Wildman–Crippen MR) is 80.3 cm³/mol. The van der Waals surface area contributed by atoms with E-state index in [-0.39, 0.29) is 12.5 Å². The van der Waals surface area contributed by atoms with E-state index in [4.69, 9.17) is 10.5 Å². The fourth-order valence-electron chi connectivity index (χ4n) is 2.58. The van der Waals surface area contributed by atoms with E-state index in [9.17, 15) is 4.79 Å². The summed E-state index contributed by atoms with van der Waals surface area (Å²) in [5.74, 6) is 0.160. The molecule has 1 heterocycles. The van der Waals surface area contributed by atoms with Crippen molar-refractivity contribution in [3.8, 4) is 0 Å². The average molecular weight is 278 g/mol. The van der Waals surface area contributed by atoms with Crippen molar-refractivity contribution in [2.75, 3.05) is 13.2 Å². The summed E-state index contributed by atoms with van der Waals surface area (Å²) >= 11 is 0. The lowest BCUT2D eigenvalue weighted by atomic mass is 9.76. The van der Waals surface area contributed by atoms with Gasteiger partial charge in [-0.05, 0) is 38.3 Å². The number of nitrogens with zero attached hydrogens (tertiary/aromatic N) is 1. The molecule has 1 atom stereocenters. The average Bonchev–Trinajstić information content (AvgIpc) is 2.37. The van der Waals surface area contributed by atoms with Crippen LogP contribution in [0.4, 0.5) is 0 Å². The van der Waals surface area contributed by atoms with Crippen LogP contribution in [0, 0.1) is 18.3 Å². The fraction of sp³-hybridized carbons (Fsp3) is 0.625. The molecule has 0 spiro atoms. The molecule has 0 aromatic carbocycles. The molecule has 20 heavy (non-hydrogen) atoms. The number of ether oxygens (including phenoxy) is 1. The Kier molecular flexibility index (Phi) is 6.14. The van der Waals surface area contributed by atoms with E-state index in [2.05, 4.69) is 18.8 Å². The Bertz CT molecular complexity index is 446. The van der Waals surface area contributed by atoms with Crippen LogP contribution < -0.4 is 5.73 Å². The maximum Gasteiger partial charge on any atom is 0.313 e. The van der Waals surface area contributed by atoms with Crippen LogP contribution in [0.1, 0.15) is 38.6 Å². The van der Waals surface area contributed by atoms with Gasteiger partial charge in [-0.15, -0.1) is 0 Å². The molecule has 0 aliphatic carbocycles. The molecule has 1 aromatic rings. The van der Waals surface area contributed by atoms with Crippen LogP contribution in [-0.4, -0.2) is 24.1 Å². The molecule has 0 radical (unpaired) electrons. The van der Waals surface area contributed by atoms with Gasteiger partial charge in [-0.1, -0.05) is 19.9 Å². The highest BCUT2D eigenvalue weighted by molar-refractivity contribution is 5.77. The van der Waals surface area contributed by atoms with Crippen molar-refractivity contribution in [2.45, 2.75) is 40.5 Å². The van der Waals surface area contributed by atoms with Gasteiger partial charge in [-0.3, -0.25) is 9.78 Å². The minimum absolute atomic E-state index is 0.209. The lowest BCUT2D eigenvalue weighted by Crippen LogP contribution is -2.43. The van der Waals surface area contributed by atoms with Crippen LogP contribution in [0.15, 0.2) is 18.2 Å². The van der Waals surface area contributed by atoms with Crippen LogP contribution in [0.2, 0.25) is 0 Å². The normalized spacial score (nSPS) is 14.1. The van der Waals surface area contributed by atoms with Crippen LogP contribution >= 0.6 is 0 Å². The molecule has 0 saturated carbocycles. The second-order valence-electron chi connectivity index (χ2n) is 5.75. The molecule has 2 N–H and O–H groups in total. The number of aromatic nitrogens is 1. The van der Waals surface area contributed by atoms with Gasteiger partial charge in [0.05, 0.1) is 12.0 Å². The molecule has 0 amide bonds. The Hall–Kier alpha value is -1.42. The number of pyridine rings is 1. The Labute approximate surface area is 121 Å². The zero-order chi connectivity index (χ0) is 15.2. The van der Waals surface area contributed by atoms with Crippen molar-refractivity contribution in [1.29, 1.82) is 0 Å². The summed E-state index contributed by atoms with van der Waals surface area (Å²) < 4.78 is 5.25. The van der Waals surface area contributed by atoms with Crippen LogP contribution in [0.5, 0.6) is 0 Å². The summed E-state index contributed by atoms with van der Waals surface area (Å²) in [5.41, 5.74) is 7.11. The number of esters is 1. The zero-order valence-corrected chi connectivity index (χ0v) is 13.0. The second-order valence-corrected chi connectivity index (χ2v) is 5.75. The van der Waals surface area contributed by atoms with Crippen LogP contribution in [0.3, 0.4) is 0 Å². The first-order valence-corrected chi connectivity index (χ1v) is 7.23. The van der Waals surface area contributed by atoms with E-state index >= 15 is 0 Å². The van der Waals surface area contributed by atoms with Gasteiger partial charge in [0, 0.05) is 24.4 Å². The van der Waals surface area contributed by atoms with Crippen molar-refractivity contribution in [2.24, 2.45) is 17.1 Å². The largest absolute Gasteiger partial charge is 0.466 e. The molecule has 4 heteroatoms. The lowest BCUT2D eigenvalue weighted by molar-refractivity contribution is -0.156. The lowest BCUT2D eigenvalue weighted by Gasteiger charge is -2.31. The van der Waals surface area contributed by atoms with Crippen molar-refractivity contribution < 1.29 is 9.53 Å². The molecule has 1 aromatic heterocycles. The number of carbonyl (C=O) groups excluding carboxylic acids is 1. The molecule has 112 valence electrons. The zero-order valence-electron chi connectivity index (χ0n) is 13.0. The Morgan fingerprint density at radius 1 is 1.45 bits per heavy atom. The third kappa shape index (κ3) is 4.30. The Morgan fingerprint density at radius 2 is 2.15 bits per heavy atom. The van der Waals surface area contributed by atoms with Gasteiger partial charge >= 0.3 is 5.97 Å². The molecule has 0 fully saturated rings. The first-order valence-electron chi connectivity index (χ1n) is 7.23. The van der Waals surface area contributed by atoms with Crippen molar-refractivity contribution in [3.63, 3.8) is 0 Å². The Morgan fingerprint density at radius 3 is 2.65 bits per heavy atom. The topological polar surface area (TPSA) is 65.2 Å². The van der Waals surface area contributed by atoms with Gasteiger partial charge in [0.1, 0.15) is 0 Å². The molecule has 0 aliphatic rings. The summed E-state index contributed by atoms with van der Waals surface area (Å²) in [6.45, 7) is 8.60. The van der Waals surface area contributed by atoms with E-state index in [1.807, 2.05) is 32.0 Å². The summed E-state index contributed by atoms with van der Waals surface area (Å²) in [6, 6.07) is 5.84. The van der Waals surface area contributed by atoms with Gasteiger partial charge in [-0.25, -0.2) is 0 Å². The smallest absolute Gasteiger partial charge is 0.313 e. The third-order valence-corrected chi connectivity index (χ3v) is 3.36. The van der Waals surface area contributed by atoms with E-state index in [1.165, 1.54) is 0 Å². The number of hydrogen-bond donors (Lipinski definition) is 1. The number of aryl methyl sites for hydroxylation is 1. The molecular weight excluding hydrogens is 252 g/mol. The van der Waals surface area contributed by atoms with Crippen molar-refractivity contribution in [3.05, 3.63) is 29.6 Å². The van der Waals surface area contributed by atoms with Gasteiger partial charge < -0.3 is 10.5 Å². The summed E-state index contributed by atoms with van der Waals surface area (Å²) in [4.78, 5) is 16.9. The number of hydrogen-bond acceptors (Lipinski definition) is 4. The molecule has 0 saturated heterocycles. The number of nitrogens with two attached hydrogens (primary N) is 1. The maximum atomic E-state index is 12.4. The molecule has 0 bridgehead atoms. The Balaban J connectivity index is 3.05. The molecule has 1 rings (SSSR count). The van der Waals surface area contributed by atoms with E-state index < -0.39 is 5.41 Å². The standard InChI is InChI=1S/C16H26N2O2/c1-5-20-15(19)16(11-17,9-12(2)3)10-14-8-6-7-13(4)18-14/h6-8,12H,5,9-11,17H2,1-4H3. The van der Waals surface area contributed by atoms with Gasteiger partial charge in [0.25, 0.3) is 0 Å². The summed E-state index contributed by atoms with van der Waals surface area (Å²) in [5, 5.41) is 0. The van der Waals surface area contributed by atoms with Crippen molar-refractivity contribution >= 4 is 5.97 Å². The fourth-order valence-corrected chi connectivity index (χ4v) is 2.58. The first-order chi connectivity index (χ1) is 9.43. The summed E-state index contributed by atoms with van der Waals surface area (Å²) in [6.07, 6.45) is 1.24. The minimum Gasteiger partial charge on any atom is -0.466 e. The number of carbonyl (C=O) groups is 1.